The number of nitro groups is 1. The van der Waals surface area contributed by atoms with Crippen LogP contribution in [0.4, 0.5) is 10.1 Å². The summed E-state index contributed by atoms with van der Waals surface area (Å²) in [5, 5.41) is 18.4. The molecule has 1 atom stereocenters. The molecule has 0 saturated heterocycles. The van der Waals surface area contributed by atoms with Gasteiger partial charge in [0.25, 0.3) is 11.6 Å². The average molecular weight is 371 g/mol. The molecule has 0 radical (unpaired) electrons. The Labute approximate surface area is 152 Å². The minimum absolute atomic E-state index is 0.0199. The van der Waals surface area contributed by atoms with Gasteiger partial charge in [-0.1, -0.05) is 12.1 Å². The Hall–Kier alpha value is -3.62. The first-order chi connectivity index (χ1) is 12.9. The van der Waals surface area contributed by atoms with Gasteiger partial charge in [-0.3, -0.25) is 14.9 Å². The van der Waals surface area contributed by atoms with Gasteiger partial charge in [-0.25, -0.2) is 4.39 Å². The molecule has 1 aromatic heterocycles. The molecule has 0 amide bonds. The molecule has 0 N–H and O–H groups in total. The van der Waals surface area contributed by atoms with Crippen LogP contribution in [0.2, 0.25) is 0 Å². The second-order valence-corrected chi connectivity index (χ2v) is 5.68. The van der Waals surface area contributed by atoms with Crippen LogP contribution in [0.25, 0.3) is 11.5 Å². The number of carbonyl (C=O) groups is 1. The Morgan fingerprint density at radius 3 is 2.48 bits per heavy atom. The molecule has 0 aliphatic carbocycles. The largest absolute Gasteiger partial charge is 0.452 e. The Kier molecular flexibility index (Phi) is 5.20. The van der Waals surface area contributed by atoms with Gasteiger partial charge in [-0.2, -0.15) is 0 Å². The second kappa shape index (κ2) is 7.73. The highest BCUT2D eigenvalue weighted by Crippen LogP contribution is 2.24. The van der Waals surface area contributed by atoms with Gasteiger partial charge in [0.05, 0.1) is 11.3 Å². The van der Waals surface area contributed by atoms with Crippen molar-refractivity contribution in [2.75, 3.05) is 0 Å². The van der Waals surface area contributed by atoms with E-state index in [1.54, 1.807) is 6.92 Å². The maximum atomic E-state index is 12.9. The Balaban J connectivity index is 1.63. The van der Waals surface area contributed by atoms with E-state index >= 15 is 0 Å². The summed E-state index contributed by atoms with van der Waals surface area (Å²) in [5.74, 6) is -0.661. The van der Waals surface area contributed by atoms with Crippen LogP contribution in [-0.2, 0) is 16.0 Å². The zero-order valence-corrected chi connectivity index (χ0v) is 14.2. The standard InChI is InChI=1S/C18H14FN3O5/c1-11(26-16(23)10-12-2-6-14(19)7-3-12)17-20-21-18(27-17)13-4-8-15(9-5-13)22(24)25/h2-9,11H,10H2,1H3. The molecular formula is C18H14FN3O5. The van der Waals surface area contributed by atoms with E-state index in [-0.39, 0.29) is 29.7 Å². The summed E-state index contributed by atoms with van der Waals surface area (Å²) in [4.78, 5) is 22.2. The fraction of sp³-hybridized carbons (Fsp3) is 0.167. The SMILES string of the molecule is CC(OC(=O)Cc1ccc(F)cc1)c1nnc(-c2ccc([N+](=O)[O-])cc2)o1. The number of nitro benzene ring substituents is 1. The molecule has 1 heterocycles. The highest BCUT2D eigenvalue weighted by atomic mass is 19.1. The number of aromatic nitrogens is 2. The fourth-order valence-corrected chi connectivity index (χ4v) is 2.30. The topological polar surface area (TPSA) is 108 Å². The number of non-ortho nitro benzene ring substituents is 1. The van der Waals surface area contributed by atoms with E-state index in [0.29, 0.717) is 11.1 Å². The van der Waals surface area contributed by atoms with Crippen LogP contribution in [0.5, 0.6) is 0 Å². The Morgan fingerprint density at radius 2 is 1.85 bits per heavy atom. The normalized spacial score (nSPS) is 11.8. The lowest BCUT2D eigenvalue weighted by molar-refractivity contribution is -0.384. The highest BCUT2D eigenvalue weighted by molar-refractivity contribution is 5.72. The van der Waals surface area contributed by atoms with Crippen molar-refractivity contribution in [2.24, 2.45) is 0 Å². The predicted octanol–water partition coefficient (Wildman–Crippen LogP) is 3.63. The van der Waals surface area contributed by atoms with Crippen LogP contribution in [-0.4, -0.2) is 21.1 Å². The fourth-order valence-electron chi connectivity index (χ4n) is 2.30. The second-order valence-electron chi connectivity index (χ2n) is 5.68. The first kappa shape index (κ1) is 18.2. The number of hydrogen-bond acceptors (Lipinski definition) is 7. The number of benzene rings is 2. The molecule has 0 saturated carbocycles. The van der Waals surface area contributed by atoms with Gasteiger partial charge in [0.1, 0.15) is 5.82 Å². The van der Waals surface area contributed by atoms with Crippen LogP contribution in [0.1, 0.15) is 24.5 Å². The molecule has 3 rings (SSSR count). The van der Waals surface area contributed by atoms with Gasteiger partial charge in [0.2, 0.25) is 5.89 Å². The minimum Gasteiger partial charge on any atom is -0.452 e. The summed E-state index contributed by atoms with van der Waals surface area (Å²) < 4.78 is 23.6. The summed E-state index contributed by atoms with van der Waals surface area (Å²) >= 11 is 0. The number of carbonyl (C=O) groups excluding carboxylic acids is 1. The van der Waals surface area contributed by atoms with Crippen LogP contribution in [0, 0.1) is 15.9 Å². The highest BCUT2D eigenvalue weighted by Gasteiger charge is 2.19. The molecule has 0 spiro atoms. The van der Waals surface area contributed by atoms with Gasteiger partial charge in [-0.05, 0) is 36.8 Å². The first-order valence-corrected chi connectivity index (χ1v) is 7.94. The third-order valence-corrected chi connectivity index (χ3v) is 3.68. The summed E-state index contributed by atoms with van der Waals surface area (Å²) in [7, 11) is 0. The third-order valence-electron chi connectivity index (χ3n) is 3.68. The van der Waals surface area contributed by atoms with E-state index in [9.17, 15) is 19.3 Å². The summed E-state index contributed by atoms with van der Waals surface area (Å²) in [6, 6.07) is 11.2. The van der Waals surface area contributed by atoms with Crippen LogP contribution < -0.4 is 0 Å². The third kappa shape index (κ3) is 4.51. The van der Waals surface area contributed by atoms with Gasteiger partial charge >= 0.3 is 5.97 Å². The number of ether oxygens (including phenoxy) is 1. The first-order valence-electron chi connectivity index (χ1n) is 7.94. The van der Waals surface area contributed by atoms with Gasteiger partial charge < -0.3 is 9.15 Å². The summed E-state index contributed by atoms with van der Waals surface area (Å²) in [6.07, 6.45) is -0.800. The molecule has 1 unspecified atom stereocenters. The van der Waals surface area contributed by atoms with Crippen LogP contribution in [0.15, 0.2) is 52.9 Å². The molecule has 138 valence electrons. The van der Waals surface area contributed by atoms with Crippen molar-refractivity contribution in [3.8, 4) is 11.5 Å². The van der Waals surface area contributed by atoms with E-state index in [2.05, 4.69) is 10.2 Å². The van der Waals surface area contributed by atoms with Crippen molar-refractivity contribution in [3.63, 3.8) is 0 Å². The molecule has 0 aliphatic heterocycles. The molecule has 8 nitrogen and oxygen atoms in total. The molecule has 0 aliphatic rings. The van der Waals surface area contributed by atoms with E-state index in [0.717, 1.165) is 0 Å². The zero-order valence-electron chi connectivity index (χ0n) is 14.2. The predicted molar refractivity (Wildman–Crippen MR) is 91.0 cm³/mol. The lowest BCUT2D eigenvalue weighted by atomic mass is 10.1. The van der Waals surface area contributed by atoms with Gasteiger partial charge in [0, 0.05) is 17.7 Å². The van der Waals surface area contributed by atoms with E-state index in [1.807, 2.05) is 0 Å². The Bertz CT molecular complexity index is 954. The molecule has 0 fully saturated rings. The van der Waals surface area contributed by atoms with Crippen molar-refractivity contribution in [2.45, 2.75) is 19.4 Å². The monoisotopic (exact) mass is 371 g/mol. The Morgan fingerprint density at radius 1 is 1.19 bits per heavy atom. The molecule has 0 bridgehead atoms. The number of esters is 1. The van der Waals surface area contributed by atoms with Crippen LogP contribution in [0.3, 0.4) is 0 Å². The number of rotatable bonds is 6. The van der Waals surface area contributed by atoms with Crippen LogP contribution >= 0.6 is 0 Å². The number of hydrogen-bond donors (Lipinski definition) is 0. The van der Waals surface area contributed by atoms with Crippen molar-refractivity contribution >= 4 is 11.7 Å². The molecule has 27 heavy (non-hydrogen) atoms. The van der Waals surface area contributed by atoms with E-state index < -0.39 is 17.0 Å². The minimum atomic E-state index is -0.780. The van der Waals surface area contributed by atoms with Crippen molar-refractivity contribution < 1.29 is 23.3 Å². The maximum Gasteiger partial charge on any atom is 0.311 e. The average Bonchev–Trinajstić information content (AvgIpc) is 3.14. The van der Waals surface area contributed by atoms with E-state index in [4.69, 9.17) is 9.15 Å². The summed E-state index contributed by atoms with van der Waals surface area (Å²) in [6.45, 7) is 1.58. The molecular weight excluding hydrogens is 357 g/mol. The van der Waals surface area contributed by atoms with E-state index in [1.165, 1.54) is 48.5 Å². The molecule has 3 aromatic rings. The summed E-state index contributed by atoms with van der Waals surface area (Å²) in [5.41, 5.74) is 1.07. The van der Waals surface area contributed by atoms with Gasteiger partial charge in [-0.15, -0.1) is 10.2 Å². The number of nitrogens with zero attached hydrogens (tertiary/aromatic N) is 3. The number of halogens is 1. The quantitative estimate of drug-likeness (QED) is 0.370. The lowest BCUT2D eigenvalue weighted by Gasteiger charge is -2.09. The van der Waals surface area contributed by atoms with Gasteiger partial charge in [0.15, 0.2) is 6.10 Å². The van der Waals surface area contributed by atoms with Crippen molar-refractivity contribution in [1.82, 2.24) is 10.2 Å². The molecule has 9 heteroatoms. The van der Waals surface area contributed by atoms with Crippen molar-refractivity contribution in [1.29, 1.82) is 0 Å². The zero-order chi connectivity index (χ0) is 19.4. The smallest absolute Gasteiger partial charge is 0.311 e. The van der Waals surface area contributed by atoms with Crippen molar-refractivity contribution in [3.05, 3.63) is 75.9 Å². The molecule has 2 aromatic carbocycles. The lowest BCUT2D eigenvalue weighted by Crippen LogP contribution is -2.11. The maximum absolute atomic E-state index is 12.9.